The van der Waals surface area contributed by atoms with Gasteiger partial charge in [0.25, 0.3) is 5.91 Å². The molecule has 0 aliphatic heterocycles. The van der Waals surface area contributed by atoms with Gasteiger partial charge in [-0.25, -0.2) is 14.4 Å². The number of amides is 1. The van der Waals surface area contributed by atoms with Crippen molar-refractivity contribution in [1.82, 2.24) is 5.32 Å². The Balaban J connectivity index is 1.82. The highest BCUT2D eigenvalue weighted by molar-refractivity contribution is 5.86. The van der Waals surface area contributed by atoms with Crippen molar-refractivity contribution in [3.63, 3.8) is 0 Å². The fourth-order valence-electron chi connectivity index (χ4n) is 3.14. The highest BCUT2D eigenvalue weighted by Gasteiger charge is 2.23. The molecular weight excluding hydrogens is 502 g/mol. The molecule has 0 spiro atoms. The van der Waals surface area contributed by atoms with Gasteiger partial charge in [-0.05, 0) is 48.7 Å². The van der Waals surface area contributed by atoms with Gasteiger partial charge in [0.2, 0.25) is 0 Å². The SMILES string of the molecule is CCOC(=O)C(Cc1ccc(OCC(=O)O)cc1)NC(=O)COC(=O)CCc1ccc(OCC(=O)O)cc1. The van der Waals surface area contributed by atoms with E-state index in [-0.39, 0.29) is 19.4 Å². The molecule has 12 nitrogen and oxygen atoms in total. The first-order valence-corrected chi connectivity index (χ1v) is 11.6. The maximum Gasteiger partial charge on any atom is 0.341 e. The molecule has 0 aromatic heterocycles. The molecule has 0 saturated carbocycles. The highest BCUT2D eigenvalue weighted by atomic mass is 16.5. The van der Waals surface area contributed by atoms with Crippen LogP contribution in [-0.4, -0.2) is 72.5 Å². The third-order valence-corrected chi connectivity index (χ3v) is 4.90. The summed E-state index contributed by atoms with van der Waals surface area (Å²) in [7, 11) is 0. The lowest BCUT2D eigenvalue weighted by Crippen LogP contribution is -2.45. The van der Waals surface area contributed by atoms with Gasteiger partial charge in [-0.3, -0.25) is 9.59 Å². The third-order valence-electron chi connectivity index (χ3n) is 4.90. The van der Waals surface area contributed by atoms with E-state index in [2.05, 4.69) is 5.32 Å². The van der Waals surface area contributed by atoms with E-state index in [1.807, 2.05) is 0 Å². The Bertz CT molecular complexity index is 1100. The van der Waals surface area contributed by atoms with Crippen molar-refractivity contribution in [3.05, 3.63) is 59.7 Å². The van der Waals surface area contributed by atoms with Crippen LogP contribution in [0.4, 0.5) is 0 Å². The molecule has 0 aliphatic rings. The second-order valence-corrected chi connectivity index (χ2v) is 7.89. The van der Waals surface area contributed by atoms with Gasteiger partial charge in [-0.1, -0.05) is 24.3 Å². The van der Waals surface area contributed by atoms with Crippen molar-refractivity contribution in [1.29, 1.82) is 0 Å². The van der Waals surface area contributed by atoms with E-state index in [9.17, 15) is 24.0 Å². The Kier molecular flexibility index (Phi) is 12.1. The minimum absolute atomic E-state index is 0.000211. The van der Waals surface area contributed by atoms with Gasteiger partial charge < -0.3 is 34.5 Å². The minimum Gasteiger partial charge on any atom is -0.482 e. The molecular formula is C26H29NO11. The molecule has 1 atom stereocenters. The Morgan fingerprint density at radius 3 is 1.79 bits per heavy atom. The van der Waals surface area contributed by atoms with Crippen molar-refractivity contribution in [2.45, 2.75) is 32.2 Å². The van der Waals surface area contributed by atoms with E-state index in [1.54, 1.807) is 55.5 Å². The topological polar surface area (TPSA) is 175 Å². The normalized spacial score (nSPS) is 11.1. The van der Waals surface area contributed by atoms with Gasteiger partial charge in [-0.2, -0.15) is 0 Å². The van der Waals surface area contributed by atoms with Gasteiger partial charge in [0.05, 0.1) is 6.61 Å². The number of carbonyl (C=O) groups excluding carboxylic acids is 3. The molecule has 2 aromatic rings. The Morgan fingerprint density at radius 1 is 0.763 bits per heavy atom. The highest BCUT2D eigenvalue weighted by Crippen LogP contribution is 2.15. The Labute approximate surface area is 218 Å². The molecule has 2 aromatic carbocycles. The van der Waals surface area contributed by atoms with Gasteiger partial charge in [0.1, 0.15) is 17.5 Å². The number of nitrogens with one attached hydrogen (secondary N) is 1. The van der Waals surface area contributed by atoms with Crippen LogP contribution in [0.5, 0.6) is 11.5 Å². The monoisotopic (exact) mass is 531 g/mol. The summed E-state index contributed by atoms with van der Waals surface area (Å²) in [5, 5.41) is 19.8. The van der Waals surface area contributed by atoms with E-state index in [4.69, 9.17) is 29.2 Å². The van der Waals surface area contributed by atoms with Crippen molar-refractivity contribution in [2.75, 3.05) is 26.4 Å². The first kappa shape index (κ1) is 29.6. The molecule has 1 unspecified atom stereocenters. The summed E-state index contributed by atoms with van der Waals surface area (Å²) in [5.41, 5.74) is 1.44. The summed E-state index contributed by atoms with van der Waals surface area (Å²) < 4.78 is 20.1. The number of aliphatic carboxylic acids is 2. The van der Waals surface area contributed by atoms with Crippen LogP contribution < -0.4 is 14.8 Å². The average molecular weight is 532 g/mol. The van der Waals surface area contributed by atoms with Crippen LogP contribution in [0.3, 0.4) is 0 Å². The van der Waals surface area contributed by atoms with E-state index in [0.717, 1.165) is 5.56 Å². The number of rotatable bonds is 16. The molecule has 1 amide bonds. The second kappa shape index (κ2) is 15.5. The molecule has 204 valence electrons. The number of carbonyl (C=O) groups is 5. The van der Waals surface area contributed by atoms with Crippen molar-refractivity contribution >= 4 is 29.8 Å². The van der Waals surface area contributed by atoms with Crippen molar-refractivity contribution in [3.8, 4) is 11.5 Å². The van der Waals surface area contributed by atoms with Crippen LogP contribution in [-0.2, 0) is 46.3 Å². The van der Waals surface area contributed by atoms with E-state index < -0.39 is 55.6 Å². The molecule has 0 saturated heterocycles. The number of hydrogen-bond donors (Lipinski definition) is 3. The number of esters is 2. The predicted octanol–water partition coefficient (Wildman–Crippen LogP) is 1.38. The number of aryl methyl sites for hydroxylation is 1. The maximum absolute atomic E-state index is 12.4. The fourth-order valence-corrected chi connectivity index (χ4v) is 3.14. The number of hydrogen-bond acceptors (Lipinski definition) is 9. The van der Waals surface area contributed by atoms with Gasteiger partial charge in [-0.15, -0.1) is 0 Å². The van der Waals surface area contributed by atoms with Crippen LogP contribution in [0, 0.1) is 0 Å². The maximum atomic E-state index is 12.4. The first-order chi connectivity index (χ1) is 18.2. The molecule has 3 N–H and O–H groups in total. The van der Waals surface area contributed by atoms with Crippen LogP contribution in [0.2, 0.25) is 0 Å². The summed E-state index contributed by atoms with van der Waals surface area (Å²) in [6.07, 6.45) is 0.418. The lowest BCUT2D eigenvalue weighted by molar-refractivity contribution is -0.151. The first-order valence-electron chi connectivity index (χ1n) is 11.6. The summed E-state index contributed by atoms with van der Waals surface area (Å²) in [4.78, 5) is 57.9. The predicted molar refractivity (Wildman–Crippen MR) is 131 cm³/mol. The largest absolute Gasteiger partial charge is 0.482 e. The molecule has 2 rings (SSSR count). The molecule has 12 heteroatoms. The zero-order valence-electron chi connectivity index (χ0n) is 20.7. The Morgan fingerprint density at radius 2 is 1.29 bits per heavy atom. The van der Waals surface area contributed by atoms with Gasteiger partial charge in [0.15, 0.2) is 19.8 Å². The number of carboxylic acids is 2. The lowest BCUT2D eigenvalue weighted by atomic mass is 10.1. The van der Waals surface area contributed by atoms with Crippen molar-refractivity contribution < 1.29 is 53.1 Å². The minimum atomic E-state index is -1.11. The van der Waals surface area contributed by atoms with Crippen molar-refractivity contribution in [2.24, 2.45) is 0 Å². The molecule has 0 heterocycles. The van der Waals surface area contributed by atoms with E-state index in [1.165, 1.54) is 0 Å². The summed E-state index contributed by atoms with van der Waals surface area (Å²) in [6, 6.07) is 11.8. The molecule has 0 bridgehead atoms. The smallest absolute Gasteiger partial charge is 0.341 e. The number of benzene rings is 2. The summed E-state index contributed by atoms with van der Waals surface area (Å²) >= 11 is 0. The van der Waals surface area contributed by atoms with Gasteiger partial charge >= 0.3 is 23.9 Å². The van der Waals surface area contributed by atoms with E-state index >= 15 is 0 Å². The number of carboxylic acid groups (broad SMARTS) is 2. The fraction of sp³-hybridized carbons (Fsp3) is 0.346. The second-order valence-electron chi connectivity index (χ2n) is 7.89. The molecule has 0 radical (unpaired) electrons. The van der Waals surface area contributed by atoms with Gasteiger partial charge in [0, 0.05) is 12.8 Å². The zero-order valence-corrected chi connectivity index (χ0v) is 20.7. The zero-order chi connectivity index (χ0) is 27.9. The lowest BCUT2D eigenvalue weighted by Gasteiger charge is -2.17. The van der Waals surface area contributed by atoms with E-state index in [0.29, 0.717) is 23.5 Å². The molecule has 0 aliphatic carbocycles. The molecule has 0 fully saturated rings. The molecule has 38 heavy (non-hydrogen) atoms. The van der Waals surface area contributed by atoms with Crippen LogP contribution in [0.25, 0.3) is 0 Å². The van der Waals surface area contributed by atoms with Crippen LogP contribution in [0.1, 0.15) is 24.5 Å². The summed E-state index contributed by atoms with van der Waals surface area (Å²) in [6.45, 7) is 0.202. The Hall–Kier alpha value is -4.61. The number of ether oxygens (including phenoxy) is 4. The van der Waals surface area contributed by atoms with Crippen LogP contribution in [0.15, 0.2) is 48.5 Å². The standard InChI is InChI=1S/C26H29NO11/c1-2-35-26(34)21(13-18-5-10-20(11-6-18)37-16-24(31)32)27-22(28)14-38-25(33)12-7-17-3-8-19(9-4-17)36-15-23(29)30/h3-6,8-11,21H,2,7,12-16H2,1H3,(H,27,28)(H,29,30)(H,31,32). The average Bonchev–Trinajstić information content (AvgIpc) is 2.89. The quantitative estimate of drug-likeness (QED) is 0.267. The van der Waals surface area contributed by atoms with Crippen LogP contribution >= 0.6 is 0 Å². The third kappa shape index (κ3) is 11.4. The summed E-state index contributed by atoms with van der Waals surface area (Å²) in [5.74, 6) is -3.44.